The molecule has 1 fully saturated rings. The Morgan fingerprint density at radius 1 is 1.67 bits per heavy atom. The van der Waals surface area contributed by atoms with Gasteiger partial charge in [-0.15, -0.1) is 0 Å². The van der Waals surface area contributed by atoms with E-state index in [1.165, 1.54) is 12.8 Å². The summed E-state index contributed by atoms with van der Waals surface area (Å²) in [5.41, 5.74) is 0. The van der Waals surface area contributed by atoms with Gasteiger partial charge in [-0.05, 0) is 19.3 Å². The molecule has 1 rings (SSSR count). The summed E-state index contributed by atoms with van der Waals surface area (Å²) in [6.45, 7) is 5.53. The van der Waals surface area contributed by atoms with E-state index in [9.17, 15) is 0 Å². The Kier molecular flexibility index (Phi) is 2.09. The van der Waals surface area contributed by atoms with E-state index in [1.54, 1.807) is 0 Å². The van der Waals surface area contributed by atoms with Crippen LogP contribution in [0.5, 0.6) is 0 Å². The average molecular weight is 128 g/mol. The molecule has 1 aliphatic rings. The van der Waals surface area contributed by atoms with E-state index in [1.807, 2.05) is 5.01 Å². The Balaban J connectivity index is 2.41. The second-order valence-corrected chi connectivity index (χ2v) is 2.94. The molecule has 0 aromatic heterocycles. The van der Waals surface area contributed by atoms with Crippen LogP contribution >= 0.6 is 0 Å². The summed E-state index contributed by atoms with van der Waals surface area (Å²) >= 11 is 0. The quantitative estimate of drug-likeness (QED) is 0.533. The van der Waals surface area contributed by atoms with Crippen molar-refractivity contribution in [2.75, 3.05) is 6.54 Å². The zero-order valence-electron chi connectivity index (χ0n) is 6.30. The van der Waals surface area contributed by atoms with Crippen LogP contribution in [0.4, 0.5) is 0 Å². The van der Waals surface area contributed by atoms with Crippen LogP contribution in [0.25, 0.3) is 0 Å². The summed E-state index contributed by atoms with van der Waals surface area (Å²) in [6.07, 6.45) is 2.56. The highest BCUT2D eigenvalue weighted by Crippen LogP contribution is 2.23. The van der Waals surface area contributed by atoms with E-state index in [0.717, 1.165) is 12.5 Å². The minimum absolute atomic E-state index is 0.606. The molecule has 0 bridgehead atoms. The third kappa shape index (κ3) is 1.25. The zero-order chi connectivity index (χ0) is 6.85. The molecule has 2 unspecified atom stereocenters. The molecule has 54 valence electrons. The molecule has 0 aliphatic carbocycles. The number of nitrogens with zero attached hydrogens (tertiary/aromatic N) is 1. The van der Waals surface area contributed by atoms with Gasteiger partial charge in [0, 0.05) is 12.6 Å². The second kappa shape index (κ2) is 2.67. The van der Waals surface area contributed by atoms with Gasteiger partial charge in [0.25, 0.3) is 0 Å². The highest BCUT2D eigenvalue weighted by Gasteiger charge is 2.26. The normalized spacial score (nSPS) is 37.7. The first-order valence-electron chi connectivity index (χ1n) is 3.77. The third-order valence-electron chi connectivity index (χ3n) is 2.49. The van der Waals surface area contributed by atoms with Crippen LogP contribution in [-0.4, -0.2) is 17.6 Å². The van der Waals surface area contributed by atoms with Crippen molar-refractivity contribution in [1.82, 2.24) is 5.01 Å². The van der Waals surface area contributed by atoms with Crippen molar-refractivity contribution in [3.63, 3.8) is 0 Å². The predicted octanol–water partition coefficient (Wildman–Crippen LogP) is 0.981. The molecule has 0 aromatic carbocycles. The lowest BCUT2D eigenvalue weighted by Crippen LogP contribution is -2.35. The first kappa shape index (κ1) is 7.03. The van der Waals surface area contributed by atoms with Crippen LogP contribution in [0.1, 0.15) is 26.7 Å². The summed E-state index contributed by atoms with van der Waals surface area (Å²) in [5.74, 6) is 6.52. The first-order valence-corrected chi connectivity index (χ1v) is 3.77. The summed E-state index contributed by atoms with van der Waals surface area (Å²) in [7, 11) is 0. The van der Waals surface area contributed by atoms with Crippen molar-refractivity contribution in [1.29, 1.82) is 0 Å². The number of hydrazine groups is 1. The largest absolute Gasteiger partial charge is 0.269 e. The van der Waals surface area contributed by atoms with Crippen LogP contribution in [0, 0.1) is 5.92 Å². The smallest absolute Gasteiger partial charge is 0.0241 e. The van der Waals surface area contributed by atoms with Crippen LogP contribution in [0.15, 0.2) is 0 Å². The van der Waals surface area contributed by atoms with Gasteiger partial charge in [0.1, 0.15) is 0 Å². The molecule has 0 saturated carbocycles. The maximum Gasteiger partial charge on any atom is 0.0241 e. The van der Waals surface area contributed by atoms with Gasteiger partial charge >= 0.3 is 0 Å². The maximum absolute atomic E-state index is 5.68. The van der Waals surface area contributed by atoms with Gasteiger partial charge in [0.2, 0.25) is 0 Å². The van der Waals surface area contributed by atoms with Crippen molar-refractivity contribution in [3.8, 4) is 0 Å². The fourth-order valence-corrected chi connectivity index (χ4v) is 1.58. The molecule has 0 radical (unpaired) electrons. The van der Waals surface area contributed by atoms with Gasteiger partial charge < -0.3 is 0 Å². The fraction of sp³-hybridized carbons (Fsp3) is 1.00. The monoisotopic (exact) mass is 128 g/mol. The van der Waals surface area contributed by atoms with Crippen molar-refractivity contribution < 1.29 is 0 Å². The lowest BCUT2D eigenvalue weighted by Gasteiger charge is -2.18. The Labute approximate surface area is 57.0 Å². The molecule has 0 spiro atoms. The summed E-state index contributed by atoms with van der Waals surface area (Å²) in [6, 6.07) is 0.606. The van der Waals surface area contributed by atoms with Gasteiger partial charge in [-0.1, -0.05) is 13.3 Å². The average Bonchev–Trinajstić information content (AvgIpc) is 2.15. The van der Waals surface area contributed by atoms with Crippen molar-refractivity contribution in [2.45, 2.75) is 32.7 Å². The zero-order valence-corrected chi connectivity index (χ0v) is 6.30. The van der Waals surface area contributed by atoms with Crippen molar-refractivity contribution >= 4 is 0 Å². The Bertz CT molecular complexity index is 92.9. The summed E-state index contributed by atoms with van der Waals surface area (Å²) in [4.78, 5) is 0. The number of nitrogens with two attached hydrogens (primary N) is 1. The van der Waals surface area contributed by atoms with Gasteiger partial charge in [-0.3, -0.25) is 5.84 Å². The number of rotatable bonds is 1. The summed E-state index contributed by atoms with van der Waals surface area (Å²) < 4.78 is 0. The van der Waals surface area contributed by atoms with E-state index < -0.39 is 0 Å². The van der Waals surface area contributed by atoms with E-state index in [4.69, 9.17) is 5.84 Å². The van der Waals surface area contributed by atoms with Crippen LogP contribution in [0.3, 0.4) is 0 Å². The van der Waals surface area contributed by atoms with E-state index in [0.29, 0.717) is 6.04 Å². The molecule has 2 nitrogen and oxygen atoms in total. The minimum Gasteiger partial charge on any atom is -0.269 e. The van der Waals surface area contributed by atoms with Crippen molar-refractivity contribution in [2.24, 2.45) is 11.8 Å². The predicted molar refractivity (Wildman–Crippen MR) is 38.8 cm³/mol. The van der Waals surface area contributed by atoms with Gasteiger partial charge in [-0.25, -0.2) is 5.01 Å². The van der Waals surface area contributed by atoms with Crippen LogP contribution in [-0.2, 0) is 0 Å². The molecular weight excluding hydrogens is 112 g/mol. The highest BCUT2D eigenvalue weighted by atomic mass is 15.4. The molecule has 0 amide bonds. The topological polar surface area (TPSA) is 29.3 Å². The Hall–Kier alpha value is -0.0800. The molecule has 0 aromatic rings. The third-order valence-corrected chi connectivity index (χ3v) is 2.49. The van der Waals surface area contributed by atoms with Crippen LogP contribution in [0.2, 0.25) is 0 Å². The van der Waals surface area contributed by atoms with Gasteiger partial charge in [0.05, 0.1) is 0 Å². The van der Waals surface area contributed by atoms with Gasteiger partial charge in [0.15, 0.2) is 0 Å². The Morgan fingerprint density at radius 3 is 2.56 bits per heavy atom. The van der Waals surface area contributed by atoms with E-state index >= 15 is 0 Å². The molecule has 1 saturated heterocycles. The van der Waals surface area contributed by atoms with E-state index in [2.05, 4.69) is 13.8 Å². The van der Waals surface area contributed by atoms with E-state index in [-0.39, 0.29) is 0 Å². The highest BCUT2D eigenvalue weighted by molar-refractivity contribution is 4.78. The first-order chi connectivity index (χ1) is 4.25. The minimum atomic E-state index is 0.606. The number of hydrogen-bond acceptors (Lipinski definition) is 2. The molecule has 2 heteroatoms. The van der Waals surface area contributed by atoms with Gasteiger partial charge in [-0.2, -0.15) is 0 Å². The SMILES string of the molecule is CCC1CCN(N)C1C. The maximum atomic E-state index is 5.68. The van der Waals surface area contributed by atoms with Crippen molar-refractivity contribution in [3.05, 3.63) is 0 Å². The summed E-state index contributed by atoms with van der Waals surface area (Å²) in [5, 5.41) is 1.95. The molecular formula is C7H16N2. The fourth-order valence-electron chi connectivity index (χ4n) is 1.58. The molecule has 1 aliphatic heterocycles. The lowest BCUT2D eigenvalue weighted by atomic mass is 10.00. The standard InChI is InChI=1S/C7H16N2/c1-3-7-4-5-9(8)6(7)2/h6-7H,3-5,8H2,1-2H3. The van der Waals surface area contributed by atoms with Crippen LogP contribution < -0.4 is 5.84 Å². The molecule has 2 N–H and O–H groups in total. The second-order valence-electron chi connectivity index (χ2n) is 2.94. The lowest BCUT2D eigenvalue weighted by molar-refractivity contribution is 0.246. The molecule has 1 heterocycles. The number of hydrogen-bond donors (Lipinski definition) is 1. The molecule has 2 atom stereocenters. The Morgan fingerprint density at radius 2 is 2.33 bits per heavy atom. The molecule has 9 heavy (non-hydrogen) atoms.